The Morgan fingerprint density at radius 3 is 2.44 bits per heavy atom. The average molecular weight is 222 g/mol. The molecule has 2 atom stereocenters. The van der Waals surface area contributed by atoms with E-state index >= 15 is 0 Å². The monoisotopic (exact) mass is 222 g/mol. The maximum Gasteiger partial charge on any atom is 0.336 e. The van der Waals surface area contributed by atoms with Crippen LogP contribution in [-0.4, -0.2) is 21.8 Å². The molecule has 0 aromatic heterocycles. The summed E-state index contributed by atoms with van der Waals surface area (Å²) in [6.07, 6.45) is 0. The molecule has 0 aliphatic heterocycles. The summed E-state index contributed by atoms with van der Waals surface area (Å²) in [5.74, 6) is -1.63. The van der Waals surface area contributed by atoms with Crippen molar-refractivity contribution in [2.75, 3.05) is 0 Å². The molecule has 2 unspecified atom stereocenters. The van der Waals surface area contributed by atoms with E-state index in [1.54, 1.807) is 6.92 Å². The lowest BCUT2D eigenvalue weighted by molar-refractivity contribution is -0.158. The molecule has 0 bridgehead atoms. The summed E-state index contributed by atoms with van der Waals surface area (Å²) >= 11 is 0. The zero-order valence-electron chi connectivity index (χ0n) is 10.1. The van der Waals surface area contributed by atoms with Crippen molar-refractivity contribution in [3.63, 3.8) is 0 Å². The van der Waals surface area contributed by atoms with Crippen molar-refractivity contribution in [2.24, 2.45) is 0 Å². The Bertz CT molecular complexity index is 408. The molecule has 0 fully saturated rings. The van der Waals surface area contributed by atoms with E-state index in [4.69, 9.17) is 5.11 Å². The SMILES string of the molecule is Cc1ccc(C)c(C(C)C(C)(O)C(=O)O)c1. The topological polar surface area (TPSA) is 57.5 Å². The summed E-state index contributed by atoms with van der Waals surface area (Å²) in [5.41, 5.74) is 1.21. The minimum Gasteiger partial charge on any atom is -0.479 e. The molecule has 88 valence electrons. The van der Waals surface area contributed by atoms with E-state index in [-0.39, 0.29) is 0 Å². The van der Waals surface area contributed by atoms with Gasteiger partial charge in [0, 0.05) is 5.92 Å². The van der Waals surface area contributed by atoms with Gasteiger partial charge in [0.1, 0.15) is 0 Å². The molecule has 3 nitrogen and oxygen atoms in total. The van der Waals surface area contributed by atoms with Gasteiger partial charge in [-0.1, -0.05) is 30.7 Å². The average Bonchev–Trinajstić information content (AvgIpc) is 2.20. The van der Waals surface area contributed by atoms with Gasteiger partial charge in [-0.3, -0.25) is 0 Å². The molecular weight excluding hydrogens is 204 g/mol. The molecule has 0 saturated heterocycles. The molecule has 0 amide bonds. The third-order valence-corrected chi connectivity index (χ3v) is 3.18. The van der Waals surface area contributed by atoms with Gasteiger partial charge in [0.05, 0.1) is 0 Å². The highest BCUT2D eigenvalue weighted by Crippen LogP contribution is 2.30. The number of hydrogen-bond donors (Lipinski definition) is 2. The van der Waals surface area contributed by atoms with E-state index in [0.717, 1.165) is 16.7 Å². The van der Waals surface area contributed by atoms with Gasteiger partial charge < -0.3 is 10.2 Å². The standard InChI is InChI=1S/C13H18O3/c1-8-5-6-9(2)11(7-8)10(3)13(4,16)12(14)15/h5-7,10,16H,1-4H3,(H,14,15). The van der Waals surface area contributed by atoms with Crippen molar-refractivity contribution >= 4 is 5.97 Å². The van der Waals surface area contributed by atoms with Gasteiger partial charge in [-0.25, -0.2) is 4.79 Å². The van der Waals surface area contributed by atoms with Crippen LogP contribution in [0.15, 0.2) is 18.2 Å². The highest BCUT2D eigenvalue weighted by molar-refractivity contribution is 5.78. The van der Waals surface area contributed by atoms with Crippen LogP contribution in [0.3, 0.4) is 0 Å². The van der Waals surface area contributed by atoms with Crippen molar-refractivity contribution in [3.8, 4) is 0 Å². The summed E-state index contributed by atoms with van der Waals surface area (Å²) in [6, 6.07) is 5.84. The largest absolute Gasteiger partial charge is 0.479 e. The van der Waals surface area contributed by atoms with Crippen molar-refractivity contribution in [1.29, 1.82) is 0 Å². The van der Waals surface area contributed by atoms with E-state index in [2.05, 4.69) is 0 Å². The molecule has 0 spiro atoms. The van der Waals surface area contributed by atoms with Crippen molar-refractivity contribution in [2.45, 2.75) is 39.2 Å². The fourth-order valence-electron chi connectivity index (χ4n) is 1.71. The number of carbonyl (C=O) groups is 1. The fraction of sp³-hybridized carbons (Fsp3) is 0.462. The van der Waals surface area contributed by atoms with E-state index < -0.39 is 17.5 Å². The predicted octanol–water partition coefficient (Wildman–Crippen LogP) is 2.24. The first-order valence-electron chi connectivity index (χ1n) is 5.29. The number of aryl methyl sites for hydroxylation is 2. The van der Waals surface area contributed by atoms with Crippen LogP contribution < -0.4 is 0 Å². The van der Waals surface area contributed by atoms with Crippen LogP contribution in [-0.2, 0) is 4.79 Å². The first kappa shape index (κ1) is 12.7. The first-order valence-corrected chi connectivity index (χ1v) is 5.29. The van der Waals surface area contributed by atoms with Gasteiger partial charge >= 0.3 is 5.97 Å². The van der Waals surface area contributed by atoms with Gasteiger partial charge in [-0.05, 0) is 31.9 Å². The molecule has 1 aromatic carbocycles. The number of carboxylic acid groups (broad SMARTS) is 1. The zero-order chi connectivity index (χ0) is 12.5. The number of benzene rings is 1. The maximum absolute atomic E-state index is 11.0. The van der Waals surface area contributed by atoms with E-state index in [1.807, 2.05) is 32.0 Å². The lowest BCUT2D eigenvalue weighted by Crippen LogP contribution is -2.40. The van der Waals surface area contributed by atoms with Crippen LogP contribution in [0.2, 0.25) is 0 Å². The second-order valence-corrected chi connectivity index (χ2v) is 4.53. The quantitative estimate of drug-likeness (QED) is 0.824. The molecule has 16 heavy (non-hydrogen) atoms. The fourth-order valence-corrected chi connectivity index (χ4v) is 1.71. The Balaban J connectivity index is 3.19. The Labute approximate surface area is 95.7 Å². The highest BCUT2D eigenvalue weighted by atomic mass is 16.4. The molecule has 2 N–H and O–H groups in total. The van der Waals surface area contributed by atoms with E-state index in [0.29, 0.717) is 0 Å². The summed E-state index contributed by atoms with van der Waals surface area (Å²) in [7, 11) is 0. The van der Waals surface area contributed by atoms with Crippen LogP contribution in [0.1, 0.15) is 36.5 Å². The molecule has 0 radical (unpaired) electrons. The Morgan fingerprint density at radius 2 is 1.94 bits per heavy atom. The van der Waals surface area contributed by atoms with Crippen molar-refractivity contribution < 1.29 is 15.0 Å². The highest BCUT2D eigenvalue weighted by Gasteiger charge is 2.37. The zero-order valence-corrected chi connectivity index (χ0v) is 10.1. The number of aliphatic hydroxyl groups is 1. The lowest BCUT2D eigenvalue weighted by atomic mass is 9.82. The number of carboxylic acids is 1. The normalized spacial score (nSPS) is 16.6. The van der Waals surface area contributed by atoms with Gasteiger partial charge in [-0.2, -0.15) is 0 Å². The minimum absolute atomic E-state index is 0.440. The van der Waals surface area contributed by atoms with Gasteiger partial charge in [0.2, 0.25) is 0 Å². The predicted molar refractivity (Wildman–Crippen MR) is 62.6 cm³/mol. The lowest BCUT2D eigenvalue weighted by Gasteiger charge is -2.27. The minimum atomic E-state index is -1.74. The van der Waals surface area contributed by atoms with Crippen LogP contribution in [0, 0.1) is 13.8 Å². The number of rotatable bonds is 3. The Hall–Kier alpha value is -1.35. The molecule has 0 aliphatic carbocycles. The summed E-state index contributed by atoms with van der Waals surface area (Å²) < 4.78 is 0. The van der Waals surface area contributed by atoms with E-state index in [9.17, 15) is 9.90 Å². The molecule has 0 saturated carbocycles. The van der Waals surface area contributed by atoms with Gasteiger partial charge in [-0.15, -0.1) is 0 Å². The molecule has 3 heteroatoms. The second kappa shape index (κ2) is 4.26. The molecule has 1 rings (SSSR count). The van der Waals surface area contributed by atoms with Gasteiger partial charge in [0.25, 0.3) is 0 Å². The summed E-state index contributed by atoms with van der Waals surface area (Å²) in [5, 5.41) is 18.9. The third-order valence-electron chi connectivity index (χ3n) is 3.18. The van der Waals surface area contributed by atoms with Crippen LogP contribution in [0.25, 0.3) is 0 Å². The smallest absolute Gasteiger partial charge is 0.336 e. The number of aliphatic carboxylic acids is 1. The van der Waals surface area contributed by atoms with Gasteiger partial charge in [0.15, 0.2) is 5.60 Å². The van der Waals surface area contributed by atoms with Crippen molar-refractivity contribution in [3.05, 3.63) is 34.9 Å². The number of hydrogen-bond acceptors (Lipinski definition) is 2. The summed E-state index contributed by atoms with van der Waals surface area (Å²) in [4.78, 5) is 11.0. The maximum atomic E-state index is 11.0. The third kappa shape index (κ3) is 2.25. The summed E-state index contributed by atoms with van der Waals surface area (Å²) in [6.45, 7) is 6.94. The van der Waals surface area contributed by atoms with E-state index in [1.165, 1.54) is 6.92 Å². The molecule has 0 heterocycles. The first-order chi connectivity index (χ1) is 7.26. The second-order valence-electron chi connectivity index (χ2n) is 4.53. The van der Waals surface area contributed by atoms with Crippen LogP contribution >= 0.6 is 0 Å². The van der Waals surface area contributed by atoms with Crippen molar-refractivity contribution in [1.82, 2.24) is 0 Å². The Morgan fingerprint density at radius 1 is 1.38 bits per heavy atom. The Kier molecular flexibility index (Phi) is 3.38. The van der Waals surface area contributed by atoms with Crippen LogP contribution in [0.5, 0.6) is 0 Å². The molecular formula is C13H18O3. The molecule has 0 aliphatic rings. The molecule has 1 aromatic rings. The van der Waals surface area contributed by atoms with Crippen LogP contribution in [0.4, 0.5) is 0 Å².